The summed E-state index contributed by atoms with van der Waals surface area (Å²) in [7, 11) is -3.56. The van der Waals surface area contributed by atoms with E-state index in [0.717, 1.165) is 11.1 Å². The van der Waals surface area contributed by atoms with Crippen molar-refractivity contribution < 1.29 is 13.5 Å². The molecule has 1 aliphatic heterocycles. The van der Waals surface area contributed by atoms with Gasteiger partial charge in [0.05, 0.1) is 11.0 Å². The van der Waals surface area contributed by atoms with Gasteiger partial charge in [-0.3, -0.25) is 0 Å². The van der Waals surface area contributed by atoms with E-state index in [4.69, 9.17) is 5.73 Å². The smallest absolute Gasteiger partial charge is 0.243 e. The van der Waals surface area contributed by atoms with Crippen LogP contribution in [0.5, 0.6) is 0 Å². The van der Waals surface area contributed by atoms with Crippen LogP contribution >= 0.6 is 0 Å². The van der Waals surface area contributed by atoms with E-state index in [2.05, 4.69) is 0 Å². The highest BCUT2D eigenvalue weighted by molar-refractivity contribution is 7.89. The Morgan fingerprint density at radius 3 is 2.48 bits per heavy atom. The summed E-state index contributed by atoms with van der Waals surface area (Å²) in [5, 5.41) is 9.65. The normalized spacial score (nSPS) is 21.7. The van der Waals surface area contributed by atoms with E-state index in [1.165, 1.54) is 4.31 Å². The van der Waals surface area contributed by atoms with Gasteiger partial charge in [0.2, 0.25) is 10.0 Å². The number of hydrogen-bond acceptors (Lipinski definition) is 4. The fraction of sp³-hybridized carbons (Fsp3) is 0.600. The van der Waals surface area contributed by atoms with Gasteiger partial charge < -0.3 is 10.8 Å². The predicted molar refractivity (Wildman–Crippen MR) is 83.6 cm³/mol. The van der Waals surface area contributed by atoms with E-state index in [0.29, 0.717) is 35.7 Å². The third-order valence-corrected chi connectivity index (χ3v) is 6.58. The second-order valence-electron chi connectivity index (χ2n) is 6.03. The van der Waals surface area contributed by atoms with Crippen molar-refractivity contribution in [1.29, 1.82) is 0 Å². The molecule has 21 heavy (non-hydrogen) atoms. The third kappa shape index (κ3) is 2.80. The number of hydrogen-bond donors (Lipinski definition) is 2. The van der Waals surface area contributed by atoms with Crippen LogP contribution in [0.15, 0.2) is 11.0 Å². The Morgan fingerprint density at radius 2 is 1.95 bits per heavy atom. The molecule has 1 aromatic carbocycles. The maximum atomic E-state index is 12.9. The van der Waals surface area contributed by atoms with Crippen LogP contribution in [0.2, 0.25) is 0 Å². The fourth-order valence-electron chi connectivity index (χ4n) is 3.07. The largest absolute Gasteiger partial charge is 0.398 e. The van der Waals surface area contributed by atoms with Crippen LogP contribution in [0.1, 0.15) is 30.0 Å². The van der Waals surface area contributed by atoms with Gasteiger partial charge in [0.15, 0.2) is 0 Å². The first kappa shape index (κ1) is 16.3. The molecule has 6 heteroatoms. The summed E-state index contributed by atoms with van der Waals surface area (Å²) in [4.78, 5) is 0.317. The standard InChI is InChI=1S/C15H24N2O3S/c1-9-7-10(2)15(11(3)14(9)16)21(19,20)17-6-5-13(8-17)12(4)18/h7,12-13,18H,5-6,8,16H2,1-4H3. The van der Waals surface area contributed by atoms with Gasteiger partial charge in [-0.2, -0.15) is 4.31 Å². The van der Waals surface area contributed by atoms with E-state index < -0.39 is 16.1 Å². The zero-order valence-corrected chi connectivity index (χ0v) is 13.9. The van der Waals surface area contributed by atoms with Gasteiger partial charge in [0, 0.05) is 18.8 Å². The Kier molecular flexibility index (Phi) is 4.33. The number of aliphatic hydroxyl groups is 1. The van der Waals surface area contributed by atoms with E-state index in [1.807, 2.05) is 13.0 Å². The van der Waals surface area contributed by atoms with Crippen LogP contribution in [-0.4, -0.2) is 37.0 Å². The molecule has 0 aromatic heterocycles. The molecule has 1 aliphatic rings. The number of aryl methyl sites for hydroxylation is 2. The summed E-state index contributed by atoms with van der Waals surface area (Å²) in [5.41, 5.74) is 8.77. The second-order valence-corrected chi connectivity index (χ2v) is 7.91. The SMILES string of the molecule is Cc1cc(C)c(S(=O)(=O)N2CCC(C(C)O)C2)c(C)c1N. The molecule has 118 valence electrons. The quantitative estimate of drug-likeness (QED) is 0.830. The number of nitrogen functional groups attached to an aromatic ring is 1. The van der Waals surface area contributed by atoms with Crippen molar-refractivity contribution in [3.63, 3.8) is 0 Å². The van der Waals surface area contributed by atoms with E-state index >= 15 is 0 Å². The zero-order chi connectivity index (χ0) is 15.9. The van der Waals surface area contributed by atoms with Crippen molar-refractivity contribution >= 4 is 15.7 Å². The van der Waals surface area contributed by atoms with Crippen molar-refractivity contribution in [2.24, 2.45) is 5.92 Å². The molecule has 1 fully saturated rings. The van der Waals surface area contributed by atoms with Crippen molar-refractivity contribution in [2.45, 2.75) is 45.1 Å². The summed E-state index contributed by atoms with van der Waals surface area (Å²) < 4.78 is 27.3. The summed E-state index contributed by atoms with van der Waals surface area (Å²) in [6.07, 6.45) is 0.201. The molecule has 2 atom stereocenters. The van der Waals surface area contributed by atoms with E-state index in [9.17, 15) is 13.5 Å². The maximum absolute atomic E-state index is 12.9. The highest BCUT2D eigenvalue weighted by Gasteiger charge is 2.36. The molecule has 0 saturated carbocycles. The summed E-state index contributed by atoms with van der Waals surface area (Å²) in [6.45, 7) is 7.96. The molecule has 0 spiro atoms. The Balaban J connectivity index is 2.45. The lowest BCUT2D eigenvalue weighted by atomic mass is 10.0. The van der Waals surface area contributed by atoms with E-state index in [1.54, 1.807) is 20.8 Å². The molecule has 1 saturated heterocycles. The minimum Gasteiger partial charge on any atom is -0.398 e. The van der Waals surface area contributed by atoms with Crippen LogP contribution in [0.25, 0.3) is 0 Å². The zero-order valence-electron chi connectivity index (χ0n) is 13.0. The molecule has 3 N–H and O–H groups in total. The minimum atomic E-state index is -3.56. The Hall–Kier alpha value is -1.11. The Morgan fingerprint density at radius 1 is 1.33 bits per heavy atom. The number of nitrogens with two attached hydrogens (primary N) is 1. The Bertz CT molecular complexity index is 653. The van der Waals surface area contributed by atoms with Crippen LogP contribution in [0, 0.1) is 26.7 Å². The first-order valence-electron chi connectivity index (χ1n) is 7.20. The minimum absolute atomic E-state index is 0.00295. The van der Waals surface area contributed by atoms with Crippen LogP contribution in [0.3, 0.4) is 0 Å². The molecule has 0 aliphatic carbocycles. The highest BCUT2D eigenvalue weighted by Crippen LogP contribution is 2.33. The summed E-state index contributed by atoms with van der Waals surface area (Å²) in [5.74, 6) is 0.00295. The number of sulfonamides is 1. The first-order valence-corrected chi connectivity index (χ1v) is 8.64. The lowest BCUT2D eigenvalue weighted by Gasteiger charge is -2.21. The monoisotopic (exact) mass is 312 g/mol. The lowest BCUT2D eigenvalue weighted by molar-refractivity contribution is 0.133. The molecule has 0 amide bonds. The Labute approximate surface area is 126 Å². The molecule has 0 bridgehead atoms. The lowest BCUT2D eigenvalue weighted by Crippen LogP contribution is -2.31. The molecule has 5 nitrogen and oxygen atoms in total. The molecular weight excluding hydrogens is 288 g/mol. The van der Waals surface area contributed by atoms with Crippen molar-refractivity contribution in [1.82, 2.24) is 4.31 Å². The fourth-order valence-corrected chi connectivity index (χ4v) is 5.03. The topological polar surface area (TPSA) is 83.6 Å². The average molecular weight is 312 g/mol. The number of rotatable bonds is 3. The van der Waals surface area contributed by atoms with Gasteiger partial charge in [0.25, 0.3) is 0 Å². The molecule has 1 heterocycles. The summed E-state index contributed by atoms with van der Waals surface area (Å²) in [6, 6.07) is 1.82. The van der Waals surface area contributed by atoms with Gasteiger partial charge in [-0.1, -0.05) is 6.07 Å². The number of benzene rings is 1. The number of anilines is 1. The summed E-state index contributed by atoms with van der Waals surface area (Å²) >= 11 is 0. The molecule has 2 rings (SSSR count). The van der Waals surface area contributed by atoms with Crippen LogP contribution in [-0.2, 0) is 10.0 Å². The molecular formula is C15H24N2O3S. The van der Waals surface area contributed by atoms with E-state index in [-0.39, 0.29) is 5.92 Å². The predicted octanol–water partition coefficient (Wildman–Crippen LogP) is 1.59. The maximum Gasteiger partial charge on any atom is 0.243 e. The molecule has 1 aromatic rings. The van der Waals surface area contributed by atoms with Gasteiger partial charge in [0.1, 0.15) is 0 Å². The van der Waals surface area contributed by atoms with Crippen molar-refractivity contribution in [3.05, 3.63) is 22.8 Å². The van der Waals surface area contributed by atoms with Crippen LogP contribution < -0.4 is 5.73 Å². The van der Waals surface area contributed by atoms with Gasteiger partial charge in [-0.05, 0) is 56.7 Å². The van der Waals surface area contributed by atoms with Crippen LogP contribution in [0.4, 0.5) is 5.69 Å². The van der Waals surface area contributed by atoms with Gasteiger partial charge in [-0.25, -0.2) is 8.42 Å². The second kappa shape index (κ2) is 5.59. The highest BCUT2D eigenvalue weighted by atomic mass is 32.2. The first-order chi connectivity index (χ1) is 9.66. The third-order valence-electron chi connectivity index (χ3n) is 4.43. The average Bonchev–Trinajstić information content (AvgIpc) is 2.86. The van der Waals surface area contributed by atoms with Crippen molar-refractivity contribution in [2.75, 3.05) is 18.8 Å². The van der Waals surface area contributed by atoms with Gasteiger partial charge in [-0.15, -0.1) is 0 Å². The molecule has 2 unspecified atom stereocenters. The van der Waals surface area contributed by atoms with Crippen molar-refractivity contribution in [3.8, 4) is 0 Å². The van der Waals surface area contributed by atoms with Gasteiger partial charge >= 0.3 is 0 Å². The number of aliphatic hydroxyl groups excluding tert-OH is 1. The molecule has 0 radical (unpaired) electrons. The number of nitrogens with zero attached hydrogens (tertiary/aromatic N) is 1.